The van der Waals surface area contributed by atoms with E-state index < -0.39 is 11.6 Å². The minimum absolute atomic E-state index is 0.156. The second kappa shape index (κ2) is 4.06. The van der Waals surface area contributed by atoms with E-state index in [0.717, 1.165) is 12.1 Å². The standard InChI is InChI=1S/C11H11F2NO/c12-9-2-1-7(5-10(9)13)11-6-8(15)3-4-14-11/h1-2,5,11,14H,3-4,6H2/t11-/m0/s1. The van der Waals surface area contributed by atoms with Crippen molar-refractivity contribution in [1.29, 1.82) is 0 Å². The van der Waals surface area contributed by atoms with E-state index >= 15 is 0 Å². The lowest BCUT2D eigenvalue weighted by Gasteiger charge is -2.22. The fraction of sp³-hybridized carbons (Fsp3) is 0.364. The van der Waals surface area contributed by atoms with Crippen molar-refractivity contribution in [3.05, 3.63) is 35.4 Å². The molecule has 0 aromatic heterocycles. The Labute approximate surface area is 86.3 Å². The molecule has 4 heteroatoms. The fourth-order valence-corrected chi connectivity index (χ4v) is 1.75. The zero-order valence-corrected chi connectivity index (χ0v) is 8.09. The largest absolute Gasteiger partial charge is 0.309 e. The first kappa shape index (κ1) is 10.2. The summed E-state index contributed by atoms with van der Waals surface area (Å²) < 4.78 is 25.6. The topological polar surface area (TPSA) is 29.1 Å². The molecule has 1 aliphatic rings. The summed E-state index contributed by atoms with van der Waals surface area (Å²) >= 11 is 0. The van der Waals surface area contributed by atoms with Crippen molar-refractivity contribution in [1.82, 2.24) is 5.32 Å². The highest BCUT2D eigenvalue weighted by atomic mass is 19.2. The minimum Gasteiger partial charge on any atom is -0.309 e. The summed E-state index contributed by atoms with van der Waals surface area (Å²) in [5, 5.41) is 3.10. The Morgan fingerprint density at radius 3 is 2.73 bits per heavy atom. The van der Waals surface area contributed by atoms with Gasteiger partial charge in [0.15, 0.2) is 11.6 Å². The van der Waals surface area contributed by atoms with Crippen LogP contribution in [0.2, 0.25) is 0 Å². The maximum atomic E-state index is 12.9. The first-order valence-electron chi connectivity index (χ1n) is 4.87. The molecule has 2 rings (SSSR count). The maximum absolute atomic E-state index is 12.9. The van der Waals surface area contributed by atoms with Gasteiger partial charge < -0.3 is 5.32 Å². The number of halogens is 2. The monoisotopic (exact) mass is 211 g/mol. The first-order valence-corrected chi connectivity index (χ1v) is 4.87. The Morgan fingerprint density at radius 2 is 2.07 bits per heavy atom. The normalized spacial score (nSPS) is 21.7. The highest BCUT2D eigenvalue weighted by Gasteiger charge is 2.20. The summed E-state index contributed by atoms with van der Waals surface area (Å²) in [5.74, 6) is -1.57. The van der Waals surface area contributed by atoms with Gasteiger partial charge in [0.05, 0.1) is 0 Å². The quantitative estimate of drug-likeness (QED) is 0.769. The van der Waals surface area contributed by atoms with Crippen molar-refractivity contribution in [2.75, 3.05) is 6.54 Å². The molecule has 0 aliphatic carbocycles. The Bertz CT molecular complexity index is 392. The average molecular weight is 211 g/mol. The van der Waals surface area contributed by atoms with Gasteiger partial charge in [0.25, 0.3) is 0 Å². The molecule has 0 saturated carbocycles. The minimum atomic E-state index is -0.868. The zero-order chi connectivity index (χ0) is 10.8. The van der Waals surface area contributed by atoms with Crippen LogP contribution in [0.3, 0.4) is 0 Å². The molecule has 0 radical (unpaired) electrons. The molecular formula is C11H11F2NO. The second-order valence-electron chi connectivity index (χ2n) is 3.67. The predicted octanol–water partition coefficient (Wildman–Crippen LogP) is 1.96. The van der Waals surface area contributed by atoms with Gasteiger partial charge in [-0.1, -0.05) is 6.07 Å². The Hall–Kier alpha value is -1.29. The number of benzene rings is 1. The van der Waals surface area contributed by atoms with Crippen LogP contribution in [0.5, 0.6) is 0 Å². The molecule has 0 unspecified atom stereocenters. The van der Waals surface area contributed by atoms with Gasteiger partial charge in [-0.05, 0) is 17.7 Å². The summed E-state index contributed by atoms with van der Waals surface area (Å²) in [6, 6.07) is 3.56. The highest BCUT2D eigenvalue weighted by Crippen LogP contribution is 2.22. The van der Waals surface area contributed by atoms with Crippen LogP contribution in [0.15, 0.2) is 18.2 Å². The van der Waals surface area contributed by atoms with Crippen molar-refractivity contribution >= 4 is 5.78 Å². The number of carbonyl (C=O) groups is 1. The number of piperidine rings is 1. The molecule has 0 amide bonds. The molecule has 2 nitrogen and oxygen atoms in total. The van der Waals surface area contributed by atoms with Crippen LogP contribution >= 0.6 is 0 Å². The van der Waals surface area contributed by atoms with E-state index in [4.69, 9.17) is 0 Å². The van der Waals surface area contributed by atoms with E-state index in [-0.39, 0.29) is 11.8 Å². The number of nitrogens with one attached hydrogen (secondary N) is 1. The predicted molar refractivity (Wildman–Crippen MR) is 51.3 cm³/mol. The van der Waals surface area contributed by atoms with Gasteiger partial charge in [0, 0.05) is 25.4 Å². The van der Waals surface area contributed by atoms with E-state index in [2.05, 4.69) is 5.32 Å². The molecule has 1 saturated heterocycles. The smallest absolute Gasteiger partial charge is 0.159 e. The van der Waals surface area contributed by atoms with Gasteiger partial charge in [-0.2, -0.15) is 0 Å². The maximum Gasteiger partial charge on any atom is 0.159 e. The molecular weight excluding hydrogens is 200 g/mol. The third kappa shape index (κ3) is 2.21. The van der Waals surface area contributed by atoms with Crippen LogP contribution in [-0.2, 0) is 4.79 Å². The molecule has 1 aromatic rings. The molecule has 1 aromatic carbocycles. The van der Waals surface area contributed by atoms with Crippen LogP contribution < -0.4 is 5.32 Å². The molecule has 0 spiro atoms. The SMILES string of the molecule is O=C1CCN[C@H](c2ccc(F)c(F)c2)C1. The van der Waals surface area contributed by atoms with Crippen LogP contribution in [0.1, 0.15) is 24.4 Å². The van der Waals surface area contributed by atoms with Crippen LogP contribution in [0.25, 0.3) is 0 Å². The van der Waals surface area contributed by atoms with Crippen molar-refractivity contribution in [2.45, 2.75) is 18.9 Å². The molecule has 1 aliphatic heterocycles. The van der Waals surface area contributed by atoms with Crippen molar-refractivity contribution < 1.29 is 13.6 Å². The third-order valence-electron chi connectivity index (χ3n) is 2.57. The summed E-state index contributed by atoms with van der Waals surface area (Å²) in [7, 11) is 0. The number of hydrogen-bond acceptors (Lipinski definition) is 2. The molecule has 80 valence electrons. The fourth-order valence-electron chi connectivity index (χ4n) is 1.75. The highest BCUT2D eigenvalue weighted by molar-refractivity contribution is 5.80. The number of carbonyl (C=O) groups excluding carboxylic acids is 1. The van der Waals surface area contributed by atoms with E-state index in [9.17, 15) is 13.6 Å². The van der Waals surface area contributed by atoms with Gasteiger partial charge in [-0.3, -0.25) is 4.79 Å². The van der Waals surface area contributed by atoms with Crippen molar-refractivity contribution in [3.8, 4) is 0 Å². The van der Waals surface area contributed by atoms with Gasteiger partial charge in [-0.15, -0.1) is 0 Å². The van der Waals surface area contributed by atoms with Gasteiger partial charge >= 0.3 is 0 Å². The number of ketones is 1. The summed E-state index contributed by atoms with van der Waals surface area (Å²) in [6.07, 6.45) is 0.866. The van der Waals surface area contributed by atoms with Gasteiger partial charge in [0.1, 0.15) is 5.78 Å². The lowest BCUT2D eigenvalue weighted by Crippen LogP contribution is -2.31. The molecule has 1 atom stereocenters. The second-order valence-corrected chi connectivity index (χ2v) is 3.67. The first-order chi connectivity index (χ1) is 7.16. The van der Waals surface area contributed by atoms with Gasteiger partial charge in [-0.25, -0.2) is 8.78 Å². The van der Waals surface area contributed by atoms with E-state index in [0.29, 0.717) is 24.9 Å². The van der Waals surface area contributed by atoms with Gasteiger partial charge in [0.2, 0.25) is 0 Å². The average Bonchev–Trinajstić information content (AvgIpc) is 2.22. The summed E-state index contributed by atoms with van der Waals surface area (Å²) in [6.45, 7) is 0.600. The molecule has 1 fully saturated rings. The molecule has 1 N–H and O–H groups in total. The van der Waals surface area contributed by atoms with Crippen molar-refractivity contribution in [3.63, 3.8) is 0 Å². The third-order valence-corrected chi connectivity index (χ3v) is 2.57. The zero-order valence-electron chi connectivity index (χ0n) is 8.09. The Morgan fingerprint density at radius 1 is 1.27 bits per heavy atom. The molecule has 1 heterocycles. The number of rotatable bonds is 1. The molecule has 15 heavy (non-hydrogen) atoms. The lowest BCUT2D eigenvalue weighted by molar-refractivity contribution is -0.120. The van der Waals surface area contributed by atoms with E-state index in [1.54, 1.807) is 0 Å². The Balaban J connectivity index is 2.21. The van der Waals surface area contributed by atoms with Crippen LogP contribution in [0.4, 0.5) is 8.78 Å². The Kier molecular flexibility index (Phi) is 2.77. The molecule has 0 bridgehead atoms. The van der Waals surface area contributed by atoms with E-state index in [1.165, 1.54) is 6.07 Å². The van der Waals surface area contributed by atoms with Crippen LogP contribution in [0, 0.1) is 11.6 Å². The number of Topliss-reactive ketones (excluding diaryl/α,β-unsaturated/α-hetero) is 1. The van der Waals surface area contributed by atoms with Crippen molar-refractivity contribution in [2.24, 2.45) is 0 Å². The van der Waals surface area contributed by atoms with Crippen LogP contribution in [-0.4, -0.2) is 12.3 Å². The summed E-state index contributed by atoms with van der Waals surface area (Å²) in [5.41, 5.74) is 0.627. The number of hydrogen-bond donors (Lipinski definition) is 1. The lowest BCUT2D eigenvalue weighted by atomic mass is 9.96. The van der Waals surface area contributed by atoms with E-state index in [1.807, 2.05) is 0 Å². The summed E-state index contributed by atoms with van der Waals surface area (Å²) in [4.78, 5) is 11.2.